The zero-order chi connectivity index (χ0) is 12.3. The Balaban J connectivity index is 2.42. The minimum Gasteiger partial charge on any atom is -0.301 e. The predicted molar refractivity (Wildman–Crippen MR) is 72.6 cm³/mol. The molecule has 0 spiro atoms. The highest BCUT2D eigenvalue weighted by Gasteiger charge is 2.03. The van der Waals surface area contributed by atoms with E-state index < -0.39 is 0 Å². The van der Waals surface area contributed by atoms with E-state index >= 15 is 0 Å². The van der Waals surface area contributed by atoms with Crippen LogP contribution >= 0.6 is 11.8 Å². The predicted octanol–water partition coefficient (Wildman–Crippen LogP) is 2.90. The van der Waals surface area contributed by atoms with Crippen molar-refractivity contribution in [1.82, 2.24) is 9.97 Å². The molecule has 0 aliphatic heterocycles. The van der Waals surface area contributed by atoms with Crippen LogP contribution in [0, 0.1) is 6.92 Å². The second kappa shape index (κ2) is 5.19. The van der Waals surface area contributed by atoms with Crippen LogP contribution in [0.15, 0.2) is 40.3 Å². The van der Waals surface area contributed by atoms with E-state index in [0.717, 1.165) is 16.8 Å². The molecule has 0 saturated heterocycles. The van der Waals surface area contributed by atoms with E-state index in [1.807, 2.05) is 44.2 Å². The highest BCUT2D eigenvalue weighted by Crippen LogP contribution is 2.15. The molecule has 0 fully saturated rings. The third kappa shape index (κ3) is 2.77. The van der Waals surface area contributed by atoms with Crippen molar-refractivity contribution in [2.24, 2.45) is 0 Å². The van der Waals surface area contributed by atoms with E-state index in [1.54, 1.807) is 0 Å². The van der Waals surface area contributed by atoms with E-state index in [1.165, 1.54) is 11.8 Å². The highest BCUT2D eigenvalue weighted by molar-refractivity contribution is 7.99. The Morgan fingerprint density at radius 3 is 3.06 bits per heavy atom. The second-order valence-electron chi connectivity index (χ2n) is 3.77. The number of fused-ring (bicyclic) bond motifs is 1. The minimum absolute atomic E-state index is 0.0679. The zero-order valence-corrected chi connectivity index (χ0v) is 10.7. The van der Waals surface area contributed by atoms with Gasteiger partial charge in [0, 0.05) is 5.75 Å². The largest absolute Gasteiger partial charge is 0.301 e. The number of nitrogens with one attached hydrogen (secondary N) is 1. The summed E-state index contributed by atoms with van der Waals surface area (Å²) in [5, 5.41) is 1.32. The summed E-state index contributed by atoms with van der Waals surface area (Å²) in [6, 6.07) is 5.72. The van der Waals surface area contributed by atoms with Crippen molar-refractivity contribution in [2.75, 3.05) is 5.75 Å². The maximum Gasteiger partial charge on any atom is 0.259 e. The normalized spacial score (nSPS) is 11.4. The Morgan fingerprint density at radius 2 is 2.29 bits per heavy atom. The molecular weight excluding hydrogens is 232 g/mol. The highest BCUT2D eigenvalue weighted by atomic mass is 32.2. The van der Waals surface area contributed by atoms with Gasteiger partial charge in [-0.3, -0.25) is 4.79 Å². The summed E-state index contributed by atoms with van der Waals surface area (Å²) in [5.41, 5.74) is 1.75. The summed E-state index contributed by atoms with van der Waals surface area (Å²) < 4.78 is 0. The van der Waals surface area contributed by atoms with Crippen LogP contribution in [0.5, 0.6) is 0 Å². The fraction of sp³-hybridized carbons (Fsp3) is 0.231. The number of thioether (sulfide) groups is 1. The topological polar surface area (TPSA) is 45.8 Å². The summed E-state index contributed by atoms with van der Waals surface area (Å²) in [6.45, 7) is 3.94. The molecule has 0 radical (unpaired) electrons. The number of rotatable bonds is 3. The number of benzene rings is 1. The second-order valence-corrected chi connectivity index (χ2v) is 4.78. The van der Waals surface area contributed by atoms with E-state index in [2.05, 4.69) is 9.97 Å². The maximum atomic E-state index is 11.9. The fourth-order valence-corrected chi connectivity index (χ4v) is 2.30. The molecule has 0 amide bonds. The average Bonchev–Trinajstić information content (AvgIpc) is 2.31. The van der Waals surface area contributed by atoms with Crippen molar-refractivity contribution in [3.05, 3.63) is 46.3 Å². The monoisotopic (exact) mass is 246 g/mol. The third-order valence-corrected chi connectivity index (χ3v) is 3.22. The van der Waals surface area contributed by atoms with Crippen molar-refractivity contribution in [3.8, 4) is 0 Å². The number of nitrogens with zero attached hydrogens (tertiary/aromatic N) is 1. The smallest absolute Gasteiger partial charge is 0.259 e. The molecule has 3 nitrogen and oxygen atoms in total. The van der Waals surface area contributed by atoms with Gasteiger partial charge < -0.3 is 4.98 Å². The number of aromatic amines is 1. The SMILES string of the molecule is C/C=C\CSc1nc2ccc(C)cc2c(=O)[nH]1. The lowest BCUT2D eigenvalue weighted by Gasteiger charge is -2.01. The minimum atomic E-state index is -0.0679. The van der Waals surface area contributed by atoms with Gasteiger partial charge in [0.05, 0.1) is 10.9 Å². The van der Waals surface area contributed by atoms with Gasteiger partial charge in [-0.25, -0.2) is 4.98 Å². The number of allylic oxidation sites excluding steroid dienone is 1. The molecule has 1 aromatic heterocycles. The molecule has 1 heterocycles. The molecule has 1 N–H and O–H groups in total. The van der Waals surface area contributed by atoms with E-state index in [-0.39, 0.29) is 5.56 Å². The Hall–Kier alpha value is -1.55. The summed E-state index contributed by atoms with van der Waals surface area (Å²) in [5.74, 6) is 0.816. The van der Waals surface area contributed by atoms with Gasteiger partial charge in [0.15, 0.2) is 5.16 Å². The van der Waals surface area contributed by atoms with Crippen LogP contribution in [0.3, 0.4) is 0 Å². The lowest BCUT2D eigenvalue weighted by atomic mass is 10.2. The summed E-state index contributed by atoms with van der Waals surface area (Å²) in [7, 11) is 0. The quantitative estimate of drug-likeness (QED) is 0.514. The molecule has 0 bridgehead atoms. The first-order chi connectivity index (χ1) is 8.20. The number of hydrogen-bond acceptors (Lipinski definition) is 3. The number of hydrogen-bond donors (Lipinski definition) is 1. The Bertz CT molecular complexity index is 616. The molecule has 1 aromatic carbocycles. The van der Waals surface area contributed by atoms with Gasteiger partial charge in [-0.15, -0.1) is 0 Å². The van der Waals surface area contributed by atoms with Crippen LogP contribution in [0.25, 0.3) is 10.9 Å². The molecule has 0 atom stereocenters. The first-order valence-corrected chi connectivity index (χ1v) is 6.44. The van der Waals surface area contributed by atoms with Gasteiger partial charge in [-0.1, -0.05) is 35.5 Å². The van der Waals surface area contributed by atoms with Crippen LogP contribution in [0.1, 0.15) is 12.5 Å². The van der Waals surface area contributed by atoms with Gasteiger partial charge >= 0.3 is 0 Å². The van der Waals surface area contributed by atoms with Crippen molar-refractivity contribution in [2.45, 2.75) is 19.0 Å². The van der Waals surface area contributed by atoms with Crippen molar-refractivity contribution < 1.29 is 0 Å². The molecule has 88 valence electrons. The Morgan fingerprint density at radius 1 is 1.47 bits per heavy atom. The van der Waals surface area contributed by atoms with E-state index in [9.17, 15) is 4.79 Å². The van der Waals surface area contributed by atoms with Crippen molar-refractivity contribution >= 4 is 22.7 Å². The molecule has 0 unspecified atom stereocenters. The molecule has 0 aliphatic carbocycles. The molecule has 0 aliphatic rings. The number of aromatic nitrogens is 2. The first kappa shape index (κ1) is 11.9. The first-order valence-electron chi connectivity index (χ1n) is 5.45. The van der Waals surface area contributed by atoms with Gasteiger partial charge in [0.1, 0.15) is 0 Å². The van der Waals surface area contributed by atoms with E-state index in [0.29, 0.717) is 10.5 Å². The summed E-state index contributed by atoms with van der Waals surface area (Å²) in [6.07, 6.45) is 4.01. The summed E-state index contributed by atoms with van der Waals surface area (Å²) in [4.78, 5) is 19.1. The standard InChI is InChI=1S/C13H14N2OS/c1-3-4-7-17-13-14-11-6-5-9(2)8-10(11)12(16)15-13/h3-6,8H,7H2,1-2H3,(H,14,15,16)/b4-3-. The maximum absolute atomic E-state index is 11.9. The van der Waals surface area contributed by atoms with Crippen molar-refractivity contribution in [3.63, 3.8) is 0 Å². The third-order valence-electron chi connectivity index (χ3n) is 2.39. The van der Waals surface area contributed by atoms with Crippen molar-refractivity contribution in [1.29, 1.82) is 0 Å². The van der Waals surface area contributed by atoms with E-state index in [4.69, 9.17) is 0 Å². The molecule has 17 heavy (non-hydrogen) atoms. The van der Waals surface area contributed by atoms with Crippen LogP contribution < -0.4 is 5.56 Å². The summed E-state index contributed by atoms with van der Waals surface area (Å²) >= 11 is 1.52. The average molecular weight is 246 g/mol. The zero-order valence-electron chi connectivity index (χ0n) is 9.86. The van der Waals surface area contributed by atoms with Crippen LogP contribution in [-0.2, 0) is 0 Å². The van der Waals surface area contributed by atoms with Gasteiger partial charge in [-0.05, 0) is 26.0 Å². The van der Waals surface area contributed by atoms with Gasteiger partial charge in [-0.2, -0.15) is 0 Å². The Kier molecular flexibility index (Phi) is 3.64. The van der Waals surface area contributed by atoms with Crippen LogP contribution in [-0.4, -0.2) is 15.7 Å². The number of H-pyrrole nitrogens is 1. The molecule has 2 rings (SSSR count). The molecule has 0 saturated carbocycles. The van der Waals surface area contributed by atoms with Crippen LogP contribution in [0.4, 0.5) is 0 Å². The lowest BCUT2D eigenvalue weighted by Crippen LogP contribution is -2.09. The molecule has 4 heteroatoms. The fourth-order valence-electron chi connectivity index (χ4n) is 1.52. The van der Waals surface area contributed by atoms with Gasteiger partial charge in [0.2, 0.25) is 0 Å². The van der Waals surface area contributed by atoms with Gasteiger partial charge in [0.25, 0.3) is 5.56 Å². The number of aryl methyl sites for hydroxylation is 1. The molecule has 2 aromatic rings. The van der Waals surface area contributed by atoms with Crippen LogP contribution in [0.2, 0.25) is 0 Å². The Labute approximate surface area is 104 Å². The lowest BCUT2D eigenvalue weighted by molar-refractivity contribution is 0.975. The molecular formula is C13H14N2OS.